The summed E-state index contributed by atoms with van der Waals surface area (Å²) in [6.07, 6.45) is 0. The van der Waals surface area contributed by atoms with Crippen LogP contribution in [0.3, 0.4) is 0 Å². The lowest BCUT2D eigenvalue weighted by Gasteiger charge is -2.35. The first-order valence-electron chi connectivity index (χ1n) is 7.13. The standard InChI is InChI=1S/C15H21N3O3/c1-3-17-14(20)13-9-16-6-7-18(13)15(21)12-5-4-11(19)8-10(12)2/h4-5,8,13,16,19H,3,6-7,9H2,1-2H3,(H,17,20). The molecule has 2 amide bonds. The summed E-state index contributed by atoms with van der Waals surface area (Å²) in [5.74, 6) is -0.190. The molecule has 1 aromatic rings. The fourth-order valence-corrected chi connectivity index (χ4v) is 2.52. The molecule has 1 heterocycles. The summed E-state index contributed by atoms with van der Waals surface area (Å²) in [6.45, 7) is 5.77. The molecule has 1 fully saturated rings. The number of nitrogens with zero attached hydrogens (tertiary/aromatic N) is 1. The Morgan fingerprint density at radius 2 is 2.24 bits per heavy atom. The van der Waals surface area contributed by atoms with Crippen molar-refractivity contribution in [3.63, 3.8) is 0 Å². The number of aromatic hydroxyl groups is 1. The van der Waals surface area contributed by atoms with Crippen LogP contribution < -0.4 is 10.6 Å². The first-order chi connectivity index (χ1) is 10.0. The third-order valence-electron chi connectivity index (χ3n) is 3.60. The number of benzene rings is 1. The van der Waals surface area contributed by atoms with Gasteiger partial charge in [-0.2, -0.15) is 0 Å². The molecular weight excluding hydrogens is 270 g/mol. The molecule has 1 aromatic carbocycles. The van der Waals surface area contributed by atoms with Crippen LogP contribution in [0.25, 0.3) is 0 Å². The van der Waals surface area contributed by atoms with Crippen LogP contribution in [-0.2, 0) is 4.79 Å². The van der Waals surface area contributed by atoms with E-state index in [4.69, 9.17) is 0 Å². The molecule has 21 heavy (non-hydrogen) atoms. The van der Waals surface area contributed by atoms with Gasteiger partial charge in [-0.1, -0.05) is 0 Å². The van der Waals surface area contributed by atoms with Crippen LogP contribution in [0, 0.1) is 6.92 Å². The maximum Gasteiger partial charge on any atom is 0.254 e. The van der Waals surface area contributed by atoms with Gasteiger partial charge in [0.15, 0.2) is 0 Å². The highest BCUT2D eigenvalue weighted by atomic mass is 16.3. The predicted octanol–water partition coefficient (Wildman–Crippen LogP) is 0.251. The van der Waals surface area contributed by atoms with Crippen molar-refractivity contribution in [2.45, 2.75) is 19.9 Å². The Balaban J connectivity index is 2.24. The number of rotatable bonds is 3. The van der Waals surface area contributed by atoms with Gasteiger partial charge in [-0.3, -0.25) is 9.59 Å². The summed E-state index contributed by atoms with van der Waals surface area (Å²) in [6, 6.07) is 4.14. The number of likely N-dealkylation sites (N-methyl/N-ethyl adjacent to an activating group) is 1. The van der Waals surface area contributed by atoms with E-state index in [1.165, 1.54) is 6.07 Å². The molecular formula is C15H21N3O3. The van der Waals surface area contributed by atoms with Crippen LogP contribution >= 0.6 is 0 Å². The highest BCUT2D eigenvalue weighted by molar-refractivity contribution is 5.99. The minimum absolute atomic E-state index is 0.129. The topological polar surface area (TPSA) is 81.7 Å². The molecule has 1 unspecified atom stereocenters. The summed E-state index contributed by atoms with van der Waals surface area (Å²) in [5.41, 5.74) is 1.22. The van der Waals surface area contributed by atoms with Gasteiger partial charge in [-0.05, 0) is 37.6 Å². The number of piperazine rings is 1. The lowest BCUT2D eigenvalue weighted by Crippen LogP contribution is -2.59. The summed E-state index contributed by atoms with van der Waals surface area (Å²) < 4.78 is 0. The van der Waals surface area contributed by atoms with E-state index in [2.05, 4.69) is 10.6 Å². The third kappa shape index (κ3) is 3.33. The average molecular weight is 291 g/mol. The molecule has 0 aliphatic carbocycles. The molecule has 1 aliphatic rings. The van der Waals surface area contributed by atoms with Crippen molar-refractivity contribution >= 4 is 11.8 Å². The molecule has 6 heteroatoms. The van der Waals surface area contributed by atoms with E-state index in [1.54, 1.807) is 24.0 Å². The van der Waals surface area contributed by atoms with Gasteiger partial charge in [-0.15, -0.1) is 0 Å². The molecule has 0 aromatic heterocycles. The van der Waals surface area contributed by atoms with E-state index in [1.807, 2.05) is 6.92 Å². The zero-order chi connectivity index (χ0) is 15.4. The zero-order valence-corrected chi connectivity index (χ0v) is 12.3. The second kappa shape index (κ2) is 6.58. The van der Waals surface area contributed by atoms with E-state index >= 15 is 0 Å². The minimum atomic E-state index is -0.501. The Hall–Kier alpha value is -2.08. The van der Waals surface area contributed by atoms with Crippen molar-refractivity contribution in [2.24, 2.45) is 0 Å². The van der Waals surface area contributed by atoms with Gasteiger partial charge in [0, 0.05) is 31.7 Å². The summed E-state index contributed by atoms with van der Waals surface area (Å²) >= 11 is 0. The van der Waals surface area contributed by atoms with Crippen molar-refractivity contribution < 1.29 is 14.7 Å². The lowest BCUT2D eigenvalue weighted by molar-refractivity contribution is -0.126. The molecule has 114 valence electrons. The number of hydrogen-bond acceptors (Lipinski definition) is 4. The quantitative estimate of drug-likeness (QED) is 0.746. The fourth-order valence-electron chi connectivity index (χ4n) is 2.52. The van der Waals surface area contributed by atoms with Crippen molar-refractivity contribution in [2.75, 3.05) is 26.2 Å². The predicted molar refractivity (Wildman–Crippen MR) is 79.2 cm³/mol. The van der Waals surface area contributed by atoms with Gasteiger partial charge in [0.25, 0.3) is 5.91 Å². The Labute approximate surface area is 124 Å². The number of nitrogens with one attached hydrogen (secondary N) is 2. The minimum Gasteiger partial charge on any atom is -0.508 e. The Kier molecular flexibility index (Phi) is 4.80. The van der Waals surface area contributed by atoms with Crippen LogP contribution in [0.2, 0.25) is 0 Å². The summed E-state index contributed by atoms with van der Waals surface area (Å²) in [4.78, 5) is 26.4. The molecule has 6 nitrogen and oxygen atoms in total. The first kappa shape index (κ1) is 15.3. The number of phenols is 1. The maximum absolute atomic E-state index is 12.7. The van der Waals surface area contributed by atoms with Crippen LogP contribution in [0.4, 0.5) is 0 Å². The Morgan fingerprint density at radius 3 is 2.90 bits per heavy atom. The lowest BCUT2D eigenvalue weighted by atomic mass is 10.0. The molecule has 1 atom stereocenters. The van der Waals surface area contributed by atoms with Crippen molar-refractivity contribution in [3.05, 3.63) is 29.3 Å². The largest absolute Gasteiger partial charge is 0.508 e. The number of carbonyl (C=O) groups excluding carboxylic acids is 2. The van der Waals surface area contributed by atoms with Crippen LogP contribution in [0.5, 0.6) is 5.75 Å². The second-order valence-corrected chi connectivity index (χ2v) is 5.11. The Bertz CT molecular complexity index is 545. The Morgan fingerprint density at radius 1 is 1.48 bits per heavy atom. The number of aryl methyl sites for hydroxylation is 1. The smallest absolute Gasteiger partial charge is 0.254 e. The summed E-state index contributed by atoms with van der Waals surface area (Å²) in [5, 5.41) is 15.3. The van der Waals surface area contributed by atoms with Gasteiger partial charge in [0.1, 0.15) is 11.8 Å². The van der Waals surface area contributed by atoms with Crippen LogP contribution in [0.1, 0.15) is 22.8 Å². The van der Waals surface area contributed by atoms with Gasteiger partial charge in [0.2, 0.25) is 5.91 Å². The molecule has 0 radical (unpaired) electrons. The molecule has 1 aliphatic heterocycles. The molecule has 0 saturated carbocycles. The molecule has 1 saturated heterocycles. The van der Waals surface area contributed by atoms with Crippen LogP contribution in [0.15, 0.2) is 18.2 Å². The number of amides is 2. The first-order valence-corrected chi connectivity index (χ1v) is 7.13. The van der Waals surface area contributed by atoms with E-state index in [9.17, 15) is 14.7 Å². The SMILES string of the molecule is CCNC(=O)C1CNCCN1C(=O)c1ccc(O)cc1C. The highest BCUT2D eigenvalue weighted by Gasteiger charge is 2.32. The normalized spacial score (nSPS) is 18.4. The second-order valence-electron chi connectivity index (χ2n) is 5.11. The maximum atomic E-state index is 12.7. The van der Waals surface area contributed by atoms with Crippen molar-refractivity contribution in [3.8, 4) is 5.75 Å². The van der Waals surface area contributed by atoms with Gasteiger partial charge >= 0.3 is 0 Å². The van der Waals surface area contributed by atoms with E-state index < -0.39 is 6.04 Å². The zero-order valence-electron chi connectivity index (χ0n) is 12.3. The van der Waals surface area contributed by atoms with Crippen molar-refractivity contribution in [1.82, 2.24) is 15.5 Å². The number of carbonyl (C=O) groups is 2. The molecule has 3 N–H and O–H groups in total. The summed E-state index contributed by atoms with van der Waals surface area (Å²) in [7, 11) is 0. The van der Waals surface area contributed by atoms with Gasteiger partial charge < -0.3 is 20.6 Å². The monoisotopic (exact) mass is 291 g/mol. The van der Waals surface area contributed by atoms with Crippen LogP contribution in [-0.4, -0.2) is 54.0 Å². The highest BCUT2D eigenvalue weighted by Crippen LogP contribution is 2.19. The average Bonchev–Trinajstić information content (AvgIpc) is 2.47. The van der Waals surface area contributed by atoms with Crippen molar-refractivity contribution in [1.29, 1.82) is 0 Å². The number of hydrogen-bond donors (Lipinski definition) is 3. The van der Waals surface area contributed by atoms with Gasteiger partial charge in [-0.25, -0.2) is 0 Å². The molecule has 0 bridgehead atoms. The molecule has 2 rings (SSSR count). The van der Waals surface area contributed by atoms with E-state index in [0.717, 1.165) is 0 Å². The molecule has 0 spiro atoms. The van der Waals surface area contributed by atoms with E-state index in [0.29, 0.717) is 37.3 Å². The third-order valence-corrected chi connectivity index (χ3v) is 3.60. The van der Waals surface area contributed by atoms with E-state index in [-0.39, 0.29) is 17.6 Å². The van der Waals surface area contributed by atoms with Gasteiger partial charge in [0.05, 0.1) is 0 Å². The fraction of sp³-hybridized carbons (Fsp3) is 0.467. The number of phenolic OH excluding ortho intramolecular Hbond substituents is 1.